The van der Waals surface area contributed by atoms with Crippen LogP contribution in [0.4, 0.5) is 0 Å². The van der Waals surface area contributed by atoms with Gasteiger partial charge in [0.1, 0.15) is 5.75 Å². The molecule has 0 saturated carbocycles. The number of aryl methyl sites for hydroxylation is 1. The number of benzene rings is 2. The number of hydrogen-bond donors (Lipinski definition) is 0. The summed E-state index contributed by atoms with van der Waals surface area (Å²) in [5.41, 5.74) is 2.71. The molecule has 0 radical (unpaired) electrons. The van der Waals surface area contributed by atoms with E-state index < -0.39 is 0 Å². The summed E-state index contributed by atoms with van der Waals surface area (Å²) in [6.07, 6.45) is 5.09. The fourth-order valence-corrected chi connectivity index (χ4v) is 4.26. The van der Waals surface area contributed by atoms with E-state index in [1.54, 1.807) is 0 Å². The molecule has 0 N–H and O–H groups in total. The first-order valence-corrected chi connectivity index (χ1v) is 11.0. The fraction of sp³-hybridized carbons (Fsp3) is 0.320. The summed E-state index contributed by atoms with van der Waals surface area (Å²) in [6.45, 7) is 4.39. The van der Waals surface area contributed by atoms with Crippen molar-refractivity contribution >= 4 is 17.5 Å². The third kappa shape index (κ3) is 4.24. The Labute approximate surface area is 183 Å². The molecular formula is C25H27ClN2O2. The molecule has 4 nitrogen and oxygen atoms in total. The first-order valence-electron chi connectivity index (χ1n) is 10.6. The second-order valence-corrected chi connectivity index (χ2v) is 8.04. The highest BCUT2D eigenvalue weighted by molar-refractivity contribution is 6.31. The quantitative estimate of drug-likeness (QED) is 0.459. The van der Waals surface area contributed by atoms with E-state index in [9.17, 15) is 4.79 Å². The second kappa shape index (κ2) is 9.40. The van der Waals surface area contributed by atoms with Gasteiger partial charge in [0.2, 0.25) is 0 Å². The highest BCUT2D eigenvalue weighted by Gasteiger charge is 2.32. The van der Waals surface area contributed by atoms with Crippen molar-refractivity contribution < 1.29 is 9.53 Å². The molecule has 1 aliphatic heterocycles. The maximum Gasteiger partial charge on any atom is 0.254 e. The Morgan fingerprint density at radius 2 is 1.87 bits per heavy atom. The highest BCUT2D eigenvalue weighted by atomic mass is 35.5. The Morgan fingerprint density at radius 1 is 1.07 bits per heavy atom. The van der Waals surface area contributed by atoms with E-state index in [0.29, 0.717) is 23.7 Å². The topological polar surface area (TPSA) is 34.5 Å². The number of nitrogens with zero attached hydrogens (tertiary/aromatic N) is 2. The first kappa shape index (κ1) is 20.5. The normalized spacial score (nSPS) is 16.1. The number of rotatable bonds is 6. The lowest BCUT2D eigenvalue weighted by atomic mass is 10.0. The molecule has 5 heteroatoms. The Kier molecular flexibility index (Phi) is 6.44. The number of fused-ring (bicyclic) bond motifs is 1. The largest absolute Gasteiger partial charge is 0.494 e. The minimum Gasteiger partial charge on any atom is -0.494 e. The van der Waals surface area contributed by atoms with Crippen LogP contribution in [-0.4, -0.2) is 28.5 Å². The Bertz CT molecular complexity index is 996. The standard InChI is InChI=1S/C25H27ClN2O2/c1-2-3-18-30-20-13-11-19(12-14-20)25(29)28-17-7-16-27-15-6-10-23(27)24(28)21-8-4-5-9-22(21)26/h4-6,8-15,24H,2-3,7,16-18H2,1H3. The monoisotopic (exact) mass is 422 g/mol. The summed E-state index contributed by atoms with van der Waals surface area (Å²) in [4.78, 5) is 15.5. The molecule has 1 aromatic heterocycles. The van der Waals surface area contributed by atoms with Gasteiger partial charge >= 0.3 is 0 Å². The summed E-state index contributed by atoms with van der Waals surface area (Å²) in [7, 11) is 0. The third-order valence-corrected chi connectivity index (χ3v) is 5.93. The molecule has 1 atom stereocenters. The van der Waals surface area contributed by atoms with Crippen LogP contribution in [0.1, 0.15) is 53.8 Å². The van der Waals surface area contributed by atoms with Crippen molar-refractivity contribution in [3.8, 4) is 5.75 Å². The van der Waals surface area contributed by atoms with Gasteiger partial charge in [-0.1, -0.05) is 43.1 Å². The zero-order chi connectivity index (χ0) is 20.9. The van der Waals surface area contributed by atoms with Crippen LogP contribution in [0.3, 0.4) is 0 Å². The van der Waals surface area contributed by atoms with Crippen LogP contribution in [0.15, 0.2) is 66.9 Å². The zero-order valence-electron chi connectivity index (χ0n) is 17.3. The van der Waals surface area contributed by atoms with Crippen LogP contribution in [0, 0.1) is 0 Å². The molecule has 0 bridgehead atoms. The van der Waals surface area contributed by atoms with Crippen molar-refractivity contribution in [1.29, 1.82) is 0 Å². The van der Waals surface area contributed by atoms with Gasteiger partial charge < -0.3 is 14.2 Å². The number of aromatic nitrogens is 1. The number of halogens is 1. The SMILES string of the molecule is CCCCOc1ccc(C(=O)N2CCCn3cccc3C2c2ccccc2Cl)cc1. The summed E-state index contributed by atoms with van der Waals surface area (Å²) < 4.78 is 7.97. The molecule has 2 heterocycles. The van der Waals surface area contributed by atoms with Crippen LogP contribution in [0.2, 0.25) is 5.02 Å². The van der Waals surface area contributed by atoms with E-state index in [1.165, 1.54) is 0 Å². The molecule has 4 rings (SSSR count). The average molecular weight is 423 g/mol. The molecule has 0 saturated heterocycles. The number of ether oxygens (including phenoxy) is 1. The summed E-state index contributed by atoms with van der Waals surface area (Å²) in [5.74, 6) is 0.807. The maximum atomic E-state index is 13.6. The molecule has 1 aliphatic rings. The molecule has 156 valence electrons. The first-order chi connectivity index (χ1) is 14.7. The lowest BCUT2D eigenvalue weighted by Crippen LogP contribution is -2.36. The Balaban J connectivity index is 1.65. The van der Waals surface area contributed by atoms with Crippen molar-refractivity contribution in [2.24, 2.45) is 0 Å². The van der Waals surface area contributed by atoms with Gasteiger partial charge in [-0.05, 0) is 60.9 Å². The maximum absolute atomic E-state index is 13.6. The van der Waals surface area contributed by atoms with Gasteiger partial charge in [-0.25, -0.2) is 0 Å². The van der Waals surface area contributed by atoms with Crippen LogP contribution < -0.4 is 4.74 Å². The number of carbonyl (C=O) groups is 1. The molecule has 1 amide bonds. The lowest BCUT2D eigenvalue weighted by molar-refractivity contribution is 0.0709. The third-order valence-electron chi connectivity index (χ3n) is 5.58. The molecular weight excluding hydrogens is 396 g/mol. The molecule has 1 unspecified atom stereocenters. The summed E-state index contributed by atoms with van der Waals surface area (Å²) in [5, 5.41) is 0.676. The molecule has 2 aromatic carbocycles. The average Bonchev–Trinajstić information content (AvgIpc) is 3.15. The van der Waals surface area contributed by atoms with Crippen molar-refractivity contribution in [2.45, 2.75) is 38.8 Å². The van der Waals surface area contributed by atoms with Crippen LogP contribution >= 0.6 is 11.6 Å². The van der Waals surface area contributed by atoms with Gasteiger partial charge in [-0.2, -0.15) is 0 Å². The van der Waals surface area contributed by atoms with Gasteiger partial charge in [-0.3, -0.25) is 4.79 Å². The summed E-state index contributed by atoms with van der Waals surface area (Å²) >= 11 is 6.58. The Morgan fingerprint density at radius 3 is 2.63 bits per heavy atom. The minimum absolute atomic E-state index is 0.00896. The number of carbonyl (C=O) groups excluding carboxylic acids is 1. The van der Waals surface area contributed by atoms with Crippen molar-refractivity contribution in [3.05, 3.63) is 88.7 Å². The van der Waals surface area contributed by atoms with Gasteiger partial charge in [0.05, 0.1) is 12.6 Å². The Hall–Kier alpha value is -2.72. The van der Waals surface area contributed by atoms with E-state index in [-0.39, 0.29) is 11.9 Å². The van der Waals surface area contributed by atoms with Crippen LogP contribution in [0.5, 0.6) is 5.75 Å². The van der Waals surface area contributed by atoms with E-state index in [1.807, 2.05) is 59.5 Å². The van der Waals surface area contributed by atoms with Gasteiger partial charge in [-0.15, -0.1) is 0 Å². The van der Waals surface area contributed by atoms with Crippen LogP contribution in [-0.2, 0) is 6.54 Å². The molecule has 3 aromatic rings. The van der Waals surface area contributed by atoms with Crippen molar-refractivity contribution in [3.63, 3.8) is 0 Å². The molecule has 0 aliphatic carbocycles. The van der Waals surface area contributed by atoms with E-state index in [2.05, 4.69) is 23.8 Å². The zero-order valence-corrected chi connectivity index (χ0v) is 18.0. The van der Waals surface area contributed by atoms with Crippen LogP contribution in [0.25, 0.3) is 0 Å². The molecule has 0 fully saturated rings. The van der Waals surface area contributed by atoms with E-state index >= 15 is 0 Å². The minimum atomic E-state index is -0.218. The van der Waals surface area contributed by atoms with Crippen molar-refractivity contribution in [2.75, 3.05) is 13.2 Å². The molecule has 30 heavy (non-hydrogen) atoms. The number of hydrogen-bond acceptors (Lipinski definition) is 2. The fourth-order valence-electron chi connectivity index (χ4n) is 4.02. The van der Waals surface area contributed by atoms with Crippen molar-refractivity contribution in [1.82, 2.24) is 9.47 Å². The highest BCUT2D eigenvalue weighted by Crippen LogP contribution is 2.36. The molecule has 0 spiro atoms. The smallest absolute Gasteiger partial charge is 0.254 e. The predicted octanol–water partition coefficient (Wildman–Crippen LogP) is 5.96. The van der Waals surface area contributed by atoms with E-state index in [0.717, 1.165) is 42.8 Å². The number of amides is 1. The van der Waals surface area contributed by atoms with E-state index in [4.69, 9.17) is 16.3 Å². The summed E-state index contributed by atoms with van der Waals surface area (Å²) in [6, 6.07) is 19.2. The predicted molar refractivity (Wildman–Crippen MR) is 120 cm³/mol. The van der Waals surface area contributed by atoms with Gasteiger partial charge in [0.15, 0.2) is 0 Å². The second-order valence-electron chi connectivity index (χ2n) is 7.63. The van der Waals surface area contributed by atoms with Gasteiger partial charge in [0, 0.05) is 35.6 Å². The lowest BCUT2D eigenvalue weighted by Gasteiger charge is -2.31. The number of unbranched alkanes of at least 4 members (excludes halogenated alkanes) is 1. The van der Waals surface area contributed by atoms with Gasteiger partial charge in [0.25, 0.3) is 5.91 Å².